The van der Waals surface area contributed by atoms with Gasteiger partial charge in [-0.2, -0.15) is 0 Å². The van der Waals surface area contributed by atoms with Gasteiger partial charge in [0.1, 0.15) is 16.6 Å². The molecule has 2 N–H and O–H groups in total. The first-order valence-electron chi connectivity index (χ1n) is 8.07. The lowest BCUT2D eigenvalue weighted by molar-refractivity contribution is -0.118. The number of benzene rings is 1. The fraction of sp³-hybridized carbons (Fsp3) is 0.158. The normalized spacial score (nSPS) is 10.2. The number of carbonyl (C=O) groups is 3. The van der Waals surface area contributed by atoms with Crippen LogP contribution in [0.2, 0.25) is 10.0 Å². The van der Waals surface area contributed by atoms with Gasteiger partial charge in [0.05, 0.1) is 10.6 Å². The van der Waals surface area contributed by atoms with Crippen LogP contribution in [-0.2, 0) is 4.79 Å². The molecule has 146 valence electrons. The number of halogens is 2. The van der Waals surface area contributed by atoms with Crippen LogP contribution >= 0.6 is 23.2 Å². The van der Waals surface area contributed by atoms with Crippen LogP contribution in [0, 0.1) is 0 Å². The molecule has 2 rings (SSSR count). The second kappa shape index (κ2) is 9.34. The van der Waals surface area contributed by atoms with Crippen molar-refractivity contribution >= 4 is 46.7 Å². The van der Waals surface area contributed by atoms with Crippen LogP contribution in [0.4, 0.5) is 5.82 Å². The zero-order valence-electron chi connectivity index (χ0n) is 14.8. The number of ketones is 1. The van der Waals surface area contributed by atoms with Gasteiger partial charge in [-0.15, -0.1) is 0 Å². The Kier molecular flexibility index (Phi) is 7.14. The number of ether oxygens (including phenoxy) is 1. The Morgan fingerprint density at radius 3 is 2.46 bits per heavy atom. The fourth-order valence-corrected chi connectivity index (χ4v) is 2.55. The summed E-state index contributed by atoms with van der Waals surface area (Å²) >= 11 is 12.3. The number of rotatable bonds is 8. The van der Waals surface area contributed by atoms with Crippen molar-refractivity contribution in [1.29, 1.82) is 0 Å². The minimum Gasteiger partial charge on any atom is -0.482 e. The van der Waals surface area contributed by atoms with Gasteiger partial charge < -0.3 is 15.2 Å². The number of amides is 1. The molecule has 0 aliphatic carbocycles. The first kappa shape index (κ1) is 21.4. The molecule has 0 atom stereocenters. The van der Waals surface area contributed by atoms with Crippen molar-refractivity contribution in [3.05, 3.63) is 63.8 Å². The average molecular weight is 423 g/mol. The van der Waals surface area contributed by atoms with Crippen LogP contribution in [0.25, 0.3) is 0 Å². The number of carbonyl (C=O) groups excluding carboxylic acids is 2. The summed E-state index contributed by atoms with van der Waals surface area (Å²) in [5, 5.41) is 11.3. The number of anilines is 1. The highest BCUT2D eigenvalue weighted by molar-refractivity contribution is 6.45. The van der Waals surface area contributed by atoms with Crippen LogP contribution < -0.4 is 10.1 Å². The Labute approximate surface area is 170 Å². The number of carboxylic acid groups (broad SMARTS) is 1. The molecular weight excluding hydrogens is 407 g/mol. The van der Waals surface area contributed by atoms with Crippen molar-refractivity contribution in [1.82, 2.24) is 4.98 Å². The predicted molar refractivity (Wildman–Crippen MR) is 106 cm³/mol. The molecule has 1 amide bonds. The van der Waals surface area contributed by atoms with E-state index in [0.717, 1.165) is 6.20 Å². The first-order valence-corrected chi connectivity index (χ1v) is 8.82. The Morgan fingerprint density at radius 2 is 1.89 bits per heavy atom. The van der Waals surface area contributed by atoms with Gasteiger partial charge in [0.15, 0.2) is 12.4 Å². The molecule has 0 saturated carbocycles. The largest absolute Gasteiger partial charge is 0.482 e. The number of hydrogen-bond donors (Lipinski definition) is 2. The monoisotopic (exact) mass is 422 g/mol. The molecule has 1 aromatic carbocycles. The Bertz CT molecular complexity index is 942. The predicted octanol–water partition coefficient (Wildman–Crippen LogP) is 4.25. The maximum Gasteiger partial charge on any atom is 0.337 e. The van der Waals surface area contributed by atoms with E-state index in [1.54, 1.807) is 6.92 Å². The van der Waals surface area contributed by atoms with Gasteiger partial charge in [0.2, 0.25) is 0 Å². The van der Waals surface area contributed by atoms with Gasteiger partial charge >= 0.3 is 5.97 Å². The number of nitrogens with one attached hydrogen (secondary N) is 1. The zero-order valence-corrected chi connectivity index (χ0v) is 16.3. The molecule has 0 aliphatic heterocycles. The number of pyridine rings is 1. The van der Waals surface area contributed by atoms with E-state index in [2.05, 4.69) is 16.9 Å². The van der Waals surface area contributed by atoms with E-state index in [9.17, 15) is 14.4 Å². The summed E-state index contributed by atoms with van der Waals surface area (Å²) in [6, 6.07) is 5.56. The molecule has 0 fully saturated rings. The van der Waals surface area contributed by atoms with E-state index in [1.807, 2.05) is 0 Å². The molecule has 0 saturated heterocycles. The lowest BCUT2D eigenvalue weighted by atomic mass is 10.0. The molecule has 1 heterocycles. The molecule has 0 aliphatic rings. The number of aromatic nitrogens is 1. The second-order valence-corrected chi connectivity index (χ2v) is 6.36. The number of aromatic carboxylic acids is 1. The molecule has 0 bridgehead atoms. The second-order valence-electron chi connectivity index (χ2n) is 5.60. The fourth-order valence-electron chi connectivity index (χ4n) is 2.09. The quantitative estimate of drug-likeness (QED) is 0.486. The van der Waals surface area contributed by atoms with Crippen LogP contribution in [0.15, 0.2) is 42.6 Å². The van der Waals surface area contributed by atoms with Crippen molar-refractivity contribution in [2.45, 2.75) is 13.3 Å². The average Bonchev–Trinajstić information content (AvgIpc) is 2.68. The minimum atomic E-state index is -1.12. The van der Waals surface area contributed by atoms with Crippen molar-refractivity contribution in [3.8, 4) is 5.75 Å². The smallest absolute Gasteiger partial charge is 0.337 e. The van der Waals surface area contributed by atoms with Crippen molar-refractivity contribution in [2.75, 3.05) is 11.9 Å². The van der Waals surface area contributed by atoms with Crippen LogP contribution in [-0.4, -0.2) is 34.4 Å². The van der Waals surface area contributed by atoms with Crippen molar-refractivity contribution < 1.29 is 24.2 Å². The molecular formula is C19H16Cl2N2O5. The van der Waals surface area contributed by atoms with Crippen LogP contribution in [0.5, 0.6) is 5.75 Å². The number of Topliss-reactive ketones (excluding diaryl/α,β-unsaturated/α-hetero) is 1. The van der Waals surface area contributed by atoms with Gasteiger partial charge in [0, 0.05) is 11.8 Å². The zero-order chi connectivity index (χ0) is 20.8. The van der Waals surface area contributed by atoms with E-state index < -0.39 is 18.5 Å². The summed E-state index contributed by atoms with van der Waals surface area (Å²) in [4.78, 5) is 38.8. The molecule has 1 aromatic heterocycles. The van der Waals surface area contributed by atoms with Crippen LogP contribution in [0.1, 0.15) is 34.1 Å². The summed E-state index contributed by atoms with van der Waals surface area (Å²) in [6.07, 6.45) is 1.60. The molecule has 0 unspecified atom stereocenters. The minimum absolute atomic E-state index is 0.00364. The maximum atomic E-state index is 12.2. The van der Waals surface area contributed by atoms with Crippen LogP contribution in [0.3, 0.4) is 0 Å². The number of hydrogen-bond acceptors (Lipinski definition) is 5. The standard InChI is InChI=1S/C19H16Cl2N2O5/c1-3-10(2)18(25)12-5-6-13(17(21)16(12)20)28-9-15(24)23-14-7-4-11(8-22-14)19(26)27/h4-8H,2-3,9H2,1H3,(H,26,27)(H,22,23,24). The van der Waals surface area contributed by atoms with Crippen molar-refractivity contribution in [3.63, 3.8) is 0 Å². The van der Waals surface area contributed by atoms with Gasteiger partial charge in [-0.1, -0.05) is 36.7 Å². The highest BCUT2D eigenvalue weighted by Crippen LogP contribution is 2.35. The lowest BCUT2D eigenvalue weighted by Gasteiger charge is -2.12. The third-order valence-electron chi connectivity index (χ3n) is 3.68. The molecule has 2 aromatic rings. The molecule has 0 radical (unpaired) electrons. The van der Waals surface area contributed by atoms with Crippen molar-refractivity contribution in [2.24, 2.45) is 0 Å². The highest BCUT2D eigenvalue weighted by Gasteiger charge is 2.18. The summed E-state index contributed by atoms with van der Waals surface area (Å²) < 4.78 is 5.35. The number of allylic oxidation sites excluding steroid dienone is 1. The Hall–Kier alpha value is -2.90. The van der Waals surface area contributed by atoms with E-state index in [1.165, 1.54) is 24.3 Å². The highest BCUT2D eigenvalue weighted by atomic mass is 35.5. The van der Waals surface area contributed by atoms with Gasteiger partial charge in [-0.3, -0.25) is 9.59 Å². The van der Waals surface area contributed by atoms with Gasteiger partial charge in [-0.05, 0) is 36.3 Å². The lowest BCUT2D eigenvalue weighted by Crippen LogP contribution is -2.21. The maximum absolute atomic E-state index is 12.2. The molecule has 0 spiro atoms. The molecule has 28 heavy (non-hydrogen) atoms. The van der Waals surface area contributed by atoms with E-state index in [4.69, 9.17) is 33.0 Å². The van der Waals surface area contributed by atoms with E-state index in [-0.39, 0.29) is 38.5 Å². The summed E-state index contributed by atoms with van der Waals surface area (Å²) in [5.74, 6) is -1.67. The summed E-state index contributed by atoms with van der Waals surface area (Å²) in [5.41, 5.74) is 0.599. The first-order chi connectivity index (χ1) is 13.2. The number of carboxylic acids is 1. The summed E-state index contributed by atoms with van der Waals surface area (Å²) in [6.45, 7) is 5.09. The van der Waals surface area contributed by atoms with E-state index >= 15 is 0 Å². The Balaban J connectivity index is 2.03. The third kappa shape index (κ3) is 5.09. The molecule has 7 nitrogen and oxygen atoms in total. The number of nitrogens with zero attached hydrogens (tertiary/aromatic N) is 1. The third-order valence-corrected chi connectivity index (χ3v) is 4.54. The van der Waals surface area contributed by atoms with E-state index in [0.29, 0.717) is 12.0 Å². The Morgan fingerprint density at radius 1 is 1.18 bits per heavy atom. The van der Waals surface area contributed by atoms with Gasteiger partial charge in [0.25, 0.3) is 5.91 Å². The van der Waals surface area contributed by atoms with Gasteiger partial charge in [-0.25, -0.2) is 9.78 Å². The topological polar surface area (TPSA) is 106 Å². The SMILES string of the molecule is C=C(CC)C(=O)c1ccc(OCC(=O)Nc2ccc(C(=O)O)cn2)c(Cl)c1Cl. The summed E-state index contributed by atoms with van der Waals surface area (Å²) in [7, 11) is 0. The molecule has 9 heteroatoms.